The maximum absolute atomic E-state index is 9.35. The van der Waals surface area contributed by atoms with E-state index in [1.54, 1.807) is 6.21 Å². The Hall–Kier alpha value is -2.13. The average molecular weight is 429 g/mol. The summed E-state index contributed by atoms with van der Waals surface area (Å²) in [6.45, 7) is 2.25. The number of nitrogens with zero attached hydrogens (tertiary/aromatic N) is 3. The third kappa shape index (κ3) is 5.43. The molecule has 1 aromatic heterocycles. The van der Waals surface area contributed by atoms with Gasteiger partial charge in [-0.1, -0.05) is 54.2 Å². The Labute approximate surface area is 169 Å². The molecular weight excluding hydrogens is 404 g/mol. The smallest absolute Gasteiger partial charge is 0.252 e. The number of hydrogen-bond acceptors (Lipinski definition) is 5. The second kappa shape index (κ2) is 9.70. The fourth-order valence-electron chi connectivity index (χ4n) is 3.57. The van der Waals surface area contributed by atoms with Crippen LogP contribution < -0.4 is 5.43 Å². The number of hydrazone groups is 1. The van der Waals surface area contributed by atoms with Crippen molar-refractivity contribution in [1.29, 1.82) is 5.26 Å². The van der Waals surface area contributed by atoms with Crippen LogP contribution in [0.4, 0.5) is 5.88 Å². The van der Waals surface area contributed by atoms with Crippen LogP contribution in [0.2, 0.25) is 0 Å². The van der Waals surface area contributed by atoms with Crippen molar-refractivity contribution in [2.45, 2.75) is 57.8 Å². The minimum absolute atomic E-state index is 0.270. The SMILES string of the molecule is CCCCC1CCC(c2nc(C#N)c(N/N=C/c3ccc(Br)cc3)o2)CC1. The lowest BCUT2D eigenvalue weighted by atomic mass is 9.80. The fourth-order valence-corrected chi connectivity index (χ4v) is 3.83. The van der Waals surface area contributed by atoms with Crippen molar-refractivity contribution < 1.29 is 4.42 Å². The molecule has 5 nitrogen and oxygen atoms in total. The number of nitrogens with one attached hydrogen (secondary N) is 1. The van der Waals surface area contributed by atoms with Crippen LogP contribution in [0.3, 0.4) is 0 Å². The molecule has 2 aromatic rings. The van der Waals surface area contributed by atoms with Crippen LogP contribution in [0.25, 0.3) is 0 Å². The number of benzene rings is 1. The first kappa shape index (κ1) is 19.6. The maximum atomic E-state index is 9.35. The number of anilines is 1. The normalized spacial score (nSPS) is 19.9. The fraction of sp³-hybridized carbons (Fsp3) is 0.476. The Morgan fingerprint density at radius 3 is 2.70 bits per heavy atom. The molecule has 1 aromatic carbocycles. The number of oxazole rings is 1. The van der Waals surface area contributed by atoms with E-state index in [0.29, 0.717) is 17.7 Å². The van der Waals surface area contributed by atoms with E-state index in [0.717, 1.165) is 28.8 Å². The Kier molecular flexibility index (Phi) is 7.05. The van der Waals surface area contributed by atoms with Crippen LogP contribution in [-0.4, -0.2) is 11.2 Å². The predicted octanol–water partition coefficient (Wildman–Crippen LogP) is 6.22. The molecule has 27 heavy (non-hydrogen) atoms. The second-order valence-corrected chi connectivity index (χ2v) is 8.04. The van der Waals surface area contributed by atoms with Gasteiger partial charge in [-0.15, -0.1) is 0 Å². The van der Waals surface area contributed by atoms with Gasteiger partial charge in [0.15, 0.2) is 0 Å². The predicted molar refractivity (Wildman–Crippen MR) is 111 cm³/mol. The first-order valence-electron chi connectivity index (χ1n) is 9.65. The van der Waals surface area contributed by atoms with Crippen LogP contribution >= 0.6 is 15.9 Å². The highest BCUT2D eigenvalue weighted by Gasteiger charge is 2.27. The molecule has 0 radical (unpaired) electrons. The Morgan fingerprint density at radius 1 is 1.30 bits per heavy atom. The quantitative estimate of drug-likeness (QED) is 0.419. The van der Waals surface area contributed by atoms with Gasteiger partial charge in [0.1, 0.15) is 6.07 Å². The molecular formula is C21H25BrN4O. The molecule has 0 spiro atoms. The summed E-state index contributed by atoms with van der Waals surface area (Å²) in [7, 11) is 0. The van der Waals surface area contributed by atoms with E-state index in [4.69, 9.17) is 4.42 Å². The third-order valence-corrected chi connectivity index (χ3v) is 5.69. The number of rotatable bonds is 7. The molecule has 0 unspecified atom stereocenters. The van der Waals surface area contributed by atoms with Gasteiger partial charge in [-0.05, 0) is 49.3 Å². The van der Waals surface area contributed by atoms with Crippen molar-refractivity contribution in [3.8, 4) is 6.07 Å². The lowest BCUT2D eigenvalue weighted by Crippen LogP contribution is -2.13. The Balaban J connectivity index is 1.60. The zero-order valence-corrected chi connectivity index (χ0v) is 17.2. The molecule has 3 rings (SSSR count). The molecule has 1 aliphatic rings. The van der Waals surface area contributed by atoms with Crippen LogP contribution in [0.15, 0.2) is 38.3 Å². The summed E-state index contributed by atoms with van der Waals surface area (Å²) in [5.74, 6) is 2.14. The summed E-state index contributed by atoms with van der Waals surface area (Å²) in [6.07, 6.45) is 10.2. The number of aromatic nitrogens is 1. The summed E-state index contributed by atoms with van der Waals surface area (Å²) in [4.78, 5) is 4.41. The monoisotopic (exact) mass is 428 g/mol. The van der Waals surface area contributed by atoms with Crippen molar-refractivity contribution in [2.24, 2.45) is 11.0 Å². The van der Waals surface area contributed by atoms with Crippen LogP contribution in [0.5, 0.6) is 0 Å². The van der Waals surface area contributed by atoms with E-state index < -0.39 is 0 Å². The van der Waals surface area contributed by atoms with Crippen molar-refractivity contribution in [2.75, 3.05) is 5.43 Å². The number of hydrogen-bond donors (Lipinski definition) is 1. The Morgan fingerprint density at radius 2 is 2.04 bits per heavy atom. The van der Waals surface area contributed by atoms with E-state index in [-0.39, 0.29) is 5.69 Å². The summed E-state index contributed by atoms with van der Waals surface area (Å²) < 4.78 is 6.87. The van der Waals surface area contributed by atoms with Crippen LogP contribution in [0.1, 0.15) is 74.9 Å². The van der Waals surface area contributed by atoms with Gasteiger partial charge in [0, 0.05) is 10.4 Å². The minimum atomic E-state index is 0.270. The highest BCUT2D eigenvalue weighted by molar-refractivity contribution is 9.10. The number of nitriles is 1. The van der Waals surface area contributed by atoms with Gasteiger partial charge in [-0.25, -0.2) is 10.4 Å². The zero-order chi connectivity index (χ0) is 19.1. The van der Waals surface area contributed by atoms with E-state index >= 15 is 0 Å². The van der Waals surface area contributed by atoms with Gasteiger partial charge in [0.05, 0.1) is 6.21 Å². The summed E-state index contributed by atoms with van der Waals surface area (Å²) in [5.41, 5.74) is 4.05. The largest absolute Gasteiger partial charge is 0.422 e. The Bertz CT molecular complexity index is 799. The molecule has 1 heterocycles. The molecule has 142 valence electrons. The molecule has 1 saturated carbocycles. The van der Waals surface area contributed by atoms with E-state index in [1.165, 1.54) is 32.1 Å². The average Bonchev–Trinajstić information content (AvgIpc) is 3.11. The van der Waals surface area contributed by atoms with Crippen molar-refractivity contribution >= 4 is 28.0 Å². The second-order valence-electron chi connectivity index (χ2n) is 7.12. The van der Waals surface area contributed by atoms with E-state index in [1.807, 2.05) is 24.3 Å². The highest BCUT2D eigenvalue weighted by atomic mass is 79.9. The van der Waals surface area contributed by atoms with Crippen molar-refractivity contribution in [3.05, 3.63) is 45.9 Å². The van der Waals surface area contributed by atoms with Crippen LogP contribution in [-0.2, 0) is 0 Å². The molecule has 0 amide bonds. The lowest BCUT2D eigenvalue weighted by Gasteiger charge is -2.26. The molecule has 1 N–H and O–H groups in total. The topological polar surface area (TPSA) is 74.2 Å². The van der Waals surface area contributed by atoms with Crippen molar-refractivity contribution in [3.63, 3.8) is 0 Å². The zero-order valence-electron chi connectivity index (χ0n) is 15.6. The first-order valence-corrected chi connectivity index (χ1v) is 10.4. The highest BCUT2D eigenvalue weighted by Crippen LogP contribution is 2.38. The standard InChI is InChI=1S/C21H25BrN4O/c1-2-3-4-15-5-9-17(10-6-15)20-25-19(13-23)21(27-20)26-24-14-16-7-11-18(22)12-8-16/h7-8,11-12,14-15,17,26H,2-6,9-10H2,1H3/b24-14+. The third-order valence-electron chi connectivity index (χ3n) is 5.16. The number of halogens is 1. The van der Waals surface area contributed by atoms with E-state index in [9.17, 15) is 5.26 Å². The van der Waals surface area contributed by atoms with Gasteiger partial charge in [0.25, 0.3) is 5.88 Å². The lowest BCUT2D eigenvalue weighted by molar-refractivity contribution is 0.278. The molecule has 6 heteroatoms. The van der Waals surface area contributed by atoms with Crippen LogP contribution in [0, 0.1) is 17.2 Å². The molecule has 1 aliphatic carbocycles. The molecule has 0 bridgehead atoms. The van der Waals surface area contributed by atoms with Gasteiger partial charge in [-0.3, -0.25) is 0 Å². The summed E-state index contributed by atoms with van der Waals surface area (Å²) in [6, 6.07) is 9.90. The van der Waals surface area contributed by atoms with Gasteiger partial charge < -0.3 is 4.42 Å². The van der Waals surface area contributed by atoms with Gasteiger partial charge in [0.2, 0.25) is 11.6 Å². The van der Waals surface area contributed by atoms with Crippen molar-refractivity contribution in [1.82, 2.24) is 4.98 Å². The van der Waals surface area contributed by atoms with Gasteiger partial charge >= 0.3 is 0 Å². The maximum Gasteiger partial charge on any atom is 0.252 e. The summed E-state index contributed by atoms with van der Waals surface area (Å²) >= 11 is 3.41. The minimum Gasteiger partial charge on any atom is -0.422 e. The molecule has 0 saturated heterocycles. The molecule has 0 atom stereocenters. The molecule has 0 aliphatic heterocycles. The molecule has 1 fully saturated rings. The summed E-state index contributed by atoms with van der Waals surface area (Å²) in [5, 5.41) is 13.5. The van der Waals surface area contributed by atoms with Gasteiger partial charge in [-0.2, -0.15) is 10.4 Å². The first-order chi connectivity index (χ1) is 13.2. The van der Waals surface area contributed by atoms with E-state index in [2.05, 4.69) is 44.4 Å². The number of unbranched alkanes of at least 4 members (excludes halogenated alkanes) is 1.